The maximum absolute atomic E-state index is 12.4. The van der Waals surface area contributed by atoms with E-state index in [1.165, 1.54) is 12.1 Å². The lowest BCUT2D eigenvalue weighted by Crippen LogP contribution is -2.32. The fraction of sp³-hybridized carbons (Fsp3) is 0.211. The van der Waals surface area contributed by atoms with Gasteiger partial charge in [-0.05, 0) is 42.0 Å². The van der Waals surface area contributed by atoms with Gasteiger partial charge in [-0.2, -0.15) is 0 Å². The molecule has 0 aromatic heterocycles. The van der Waals surface area contributed by atoms with Crippen LogP contribution in [0.15, 0.2) is 48.5 Å². The van der Waals surface area contributed by atoms with E-state index in [2.05, 4.69) is 5.32 Å². The largest absolute Gasteiger partial charge is 0.478 e. The summed E-state index contributed by atoms with van der Waals surface area (Å²) in [4.78, 5) is 37.0. The highest BCUT2D eigenvalue weighted by Crippen LogP contribution is 2.26. The van der Waals surface area contributed by atoms with Crippen molar-refractivity contribution in [2.45, 2.75) is 13.0 Å². The Morgan fingerprint density at radius 1 is 1.12 bits per heavy atom. The van der Waals surface area contributed by atoms with Gasteiger partial charge in [-0.3, -0.25) is 9.59 Å². The van der Waals surface area contributed by atoms with Gasteiger partial charge in [-0.15, -0.1) is 0 Å². The van der Waals surface area contributed by atoms with Gasteiger partial charge in [0, 0.05) is 30.2 Å². The molecule has 134 valence electrons. The highest BCUT2D eigenvalue weighted by molar-refractivity contribution is 6.30. The molecule has 3 rings (SSSR count). The average Bonchev–Trinajstić information content (AvgIpc) is 3.02. The number of amides is 2. The minimum atomic E-state index is -0.993. The number of halogens is 1. The lowest BCUT2D eigenvalue weighted by Gasteiger charge is -2.16. The van der Waals surface area contributed by atoms with E-state index in [0.29, 0.717) is 11.6 Å². The Kier molecular flexibility index (Phi) is 5.23. The number of nitrogens with one attached hydrogen (secondary N) is 1. The van der Waals surface area contributed by atoms with E-state index in [-0.39, 0.29) is 30.3 Å². The number of carbonyl (C=O) groups is 3. The zero-order valence-corrected chi connectivity index (χ0v) is 14.6. The van der Waals surface area contributed by atoms with Crippen LogP contribution in [0.5, 0.6) is 0 Å². The van der Waals surface area contributed by atoms with Gasteiger partial charge in [0.1, 0.15) is 0 Å². The fourth-order valence-electron chi connectivity index (χ4n) is 2.85. The Morgan fingerprint density at radius 2 is 1.77 bits per heavy atom. The van der Waals surface area contributed by atoms with E-state index < -0.39 is 11.9 Å². The van der Waals surface area contributed by atoms with Gasteiger partial charge in [-0.25, -0.2) is 4.79 Å². The Balaban J connectivity index is 1.57. The van der Waals surface area contributed by atoms with Crippen molar-refractivity contribution in [3.05, 3.63) is 64.7 Å². The first-order valence-corrected chi connectivity index (χ1v) is 8.47. The van der Waals surface area contributed by atoms with Gasteiger partial charge in [0.15, 0.2) is 0 Å². The molecule has 0 saturated carbocycles. The Morgan fingerprint density at radius 3 is 2.38 bits per heavy atom. The Bertz CT molecular complexity index is 834. The summed E-state index contributed by atoms with van der Waals surface area (Å²) in [5, 5.41) is 12.3. The summed E-state index contributed by atoms with van der Waals surface area (Å²) in [5.74, 6) is -1.71. The van der Waals surface area contributed by atoms with Crippen molar-refractivity contribution in [2.24, 2.45) is 5.92 Å². The van der Waals surface area contributed by atoms with Crippen LogP contribution in [0.4, 0.5) is 5.69 Å². The third-order valence-electron chi connectivity index (χ3n) is 4.30. The molecular formula is C19H17ClN2O4. The second kappa shape index (κ2) is 7.58. The molecule has 1 heterocycles. The number of anilines is 1. The molecule has 0 aliphatic carbocycles. The topological polar surface area (TPSA) is 86.7 Å². The molecule has 2 amide bonds. The van der Waals surface area contributed by atoms with E-state index in [0.717, 1.165) is 11.3 Å². The van der Waals surface area contributed by atoms with Gasteiger partial charge in [0.25, 0.3) is 0 Å². The first-order valence-electron chi connectivity index (χ1n) is 8.10. The third-order valence-corrected chi connectivity index (χ3v) is 4.55. The molecular weight excluding hydrogens is 356 g/mol. The summed E-state index contributed by atoms with van der Waals surface area (Å²) in [7, 11) is 0. The third kappa shape index (κ3) is 4.03. The molecule has 26 heavy (non-hydrogen) atoms. The summed E-state index contributed by atoms with van der Waals surface area (Å²) >= 11 is 5.86. The summed E-state index contributed by atoms with van der Waals surface area (Å²) in [6, 6.07) is 13.2. The molecule has 2 aromatic rings. The molecule has 0 bridgehead atoms. The number of carbonyl (C=O) groups excluding carboxylic acids is 2. The molecule has 1 aliphatic heterocycles. The number of aromatic carboxylic acids is 1. The first kappa shape index (κ1) is 17.9. The molecule has 2 aromatic carbocycles. The Labute approximate surface area is 155 Å². The van der Waals surface area contributed by atoms with Crippen LogP contribution in [0.3, 0.4) is 0 Å². The van der Waals surface area contributed by atoms with Gasteiger partial charge in [0.2, 0.25) is 11.8 Å². The van der Waals surface area contributed by atoms with Crippen molar-refractivity contribution >= 4 is 35.1 Å². The molecule has 1 atom stereocenters. The number of hydrogen-bond acceptors (Lipinski definition) is 3. The smallest absolute Gasteiger partial charge is 0.335 e. The van der Waals surface area contributed by atoms with Gasteiger partial charge < -0.3 is 15.3 Å². The van der Waals surface area contributed by atoms with Crippen molar-refractivity contribution in [3.8, 4) is 0 Å². The lowest BCUT2D eigenvalue weighted by molar-refractivity contribution is -0.126. The van der Waals surface area contributed by atoms with Crippen molar-refractivity contribution in [2.75, 3.05) is 11.4 Å². The zero-order chi connectivity index (χ0) is 18.7. The molecule has 1 aliphatic rings. The number of hydrogen-bond donors (Lipinski definition) is 2. The quantitative estimate of drug-likeness (QED) is 0.844. The number of carboxylic acid groups (broad SMARTS) is 1. The van der Waals surface area contributed by atoms with Crippen molar-refractivity contribution in [1.29, 1.82) is 0 Å². The van der Waals surface area contributed by atoms with Crippen LogP contribution < -0.4 is 10.2 Å². The number of rotatable bonds is 5. The first-order chi connectivity index (χ1) is 12.4. The molecule has 2 N–H and O–H groups in total. The summed E-state index contributed by atoms with van der Waals surface area (Å²) in [6.45, 7) is 0.606. The molecule has 1 unspecified atom stereocenters. The number of carboxylic acids is 1. The van der Waals surface area contributed by atoms with Gasteiger partial charge in [0.05, 0.1) is 11.5 Å². The standard InChI is InChI=1S/C19H17ClN2O4/c20-15-5-7-16(8-6-15)22-11-14(9-17(22)23)18(24)21-10-12-1-3-13(4-2-12)19(25)26/h1-8,14H,9-11H2,(H,21,24)(H,25,26). The molecule has 7 heteroatoms. The second-order valence-electron chi connectivity index (χ2n) is 6.10. The lowest BCUT2D eigenvalue weighted by atomic mass is 10.1. The van der Waals surface area contributed by atoms with Crippen molar-refractivity contribution in [3.63, 3.8) is 0 Å². The van der Waals surface area contributed by atoms with Crippen molar-refractivity contribution in [1.82, 2.24) is 5.32 Å². The van der Waals surface area contributed by atoms with E-state index in [1.54, 1.807) is 41.3 Å². The van der Waals surface area contributed by atoms with E-state index in [9.17, 15) is 14.4 Å². The maximum atomic E-state index is 12.4. The summed E-state index contributed by atoms with van der Waals surface area (Å²) < 4.78 is 0. The van der Waals surface area contributed by atoms with Gasteiger partial charge >= 0.3 is 5.97 Å². The van der Waals surface area contributed by atoms with Crippen LogP contribution in [-0.2, 0) is 16.1 Å². The molecule has 0 radical (unpaired) electrons. The minimum absolute atomic E-state index is 0.0988. The highest BCUT2D eigenvalue weighted by Gasteiger charge is 2.34. The van der Waals surface area contributed by atoms with Crippen molar-refractivity contribution < 1.29 is 19.5 Å². The fourth-order valence-corrected chi connectivity index (χ4v) is 2.98. The SMILES string of the molecule is O=C(O)c1ccc(CNC(=O)C2CC(=O)N(c3ccc(Cl)cc3)C2)cc1. The number of nitrogens with zero attached hydrogens (tertiary/aromatic N) is 1. The highest BCUT2D eigenvalue weighted by atomic mass is 35.5. The Hall–Kier alpha value is -2.86. The van der Waals surface area contributed by atoms with Crippen LogP contribution in [0, 0.1) is 5.92 Å². The molecule has 1 fully saturated rings. The summed E-state index contributed by atoms with van der Waals surface area (Å²) in [5.41, 5.74) is 1.71. The maximum Gasteiger partial charge on any atom is 0.335 e. The predicted octanol–water partition coefficient (Wildman–Crippen LogP) is 2.71. The van der Waals surface area contributed by atoms with Crippen LogP contribution >= 0.6 is 11.6 Å². The minimum Gasteiger partial charge on any atom is -0.478 e. The molecule has 6 nitrogen and oxygen atoms in total. The predicted molar refractivity (Wildman–Crippen MR) is 97.2 cm³/mol. The van der Waals surface area contributed by atoms with E-state index in [1.807, 2.05) is 0 Å². The van der Waals surface area contributed by atoms with Crippen LogP contribution in [0.2, 0.25) is 5.02 Å². The normalized spacial score (nSPS) is 16.6. The van der Waals surface area contributed by atoms with Crippen LogP contribution in [0.1, 0.15) is 22.3 Å². The van der Waals surface area contributed by atoms with E-state index >= 15 is 0 Å². The molecule has 1 saturated heterocycles. The monoisotopic (exact) mass is 372 g/mol. The van der Waals surface area contributed by atoms with Crippen LogP contribution in [-0.4, -0.2) is 29.4 Å². The zero-order valence-electron chi connectivity index (χ0n) is 13.8. The second-order valence-corrected chi connectivity index (χ2v) is 6.54. The van der Waals surface area contributed by atoms with Crippen LogP contribution in [0.25, 0.3) is 0 Å². The average molecular weight is 373 g/mol. The van der Waals surface area contributed by atoms with Gasteiger partial charge in [-0.1, -0.05) is 23.7 Å². The summed E-state index contributed by atoms with van der Waals surface area (Å²) in [6.07, 6.45) is 0.159. The van der Waals surface area contributed by atoms with E-state index in [4.69, 9.17) is 16.7 Å². The number of benzene rings is 2. The molecule has 0 spiro atoms.